The van der Waals surface area contributed by atoms with Crippen LogP contribution in [0.5, 0.6) is 5.75 Å². The number of rotatable bonds is 6. The number of hydrogen-bond donors (Lipinski definition) is 0. The number of methoxy groups -OCH3 is 1. The van der Waals surface area contributed by atoms with E-state index in [9.17, 15) is 9.59 Å². The molecule has 0 aliphatic carbocycles. The van der Waals surface area contributed by atoms with Crippen LogP contribution in [0, 0.1) is 0 Å². The van der Waals surface area contributed by atoms with Crippen LogP contribution in [0.3, 0.4) is 0 Å². The van der Waals surface area contributed by atoms with Crippen molar-refractivity contribution in [3.8, 4) is 5.75 Å². The highest BCUT2D eigenvalue weighted by molar-refractivity contribution is 7.10. The van der Waals surface area contributed by atoms with Gasteiger partial charge in [-0.2, -0.15) is 0 Å². The molecule has 8 heteroatoms. The van der Waals surface area contributed by atoms with Crippen molar-refractivity contribution >= 4 is 51.2 Å². The fraction of sp³-hybridized carbons (Fsp3) is 0.129. The highest BCUT2D eigenvalue weighted by Gasteiger charge is 2.35. The van der Waals surface area contributed by atoms with Gasteiger partial charge in [-0.3, -0.25) is 9.36 Å². The van der Waals surface area contributed by atoms with E-state index in [0.29, 0.717) is 26.4 Å². The van der Waals surface area contributed by atoms with Crippen molar-refractivity contribution in [2.24, 2.45) is 4.99 Å². The standard InChI is InChI=1S/C31H24N2O4S2/c1-3-37-30(35)26-27(20-11-5-4-6-12-20)32-31-33(28(26)24-14-9-17-38-24)29(34)25(39-31)18-22-21-13-8-7-10-19(21)15-16-23(22)36-2/h4-18,28H,3H2,1-2H3. The Morgan fingerprint density at radius 2 is 1.82 bits per heavy atom. The number of aromatic nitrogens is 1. The van der Waals surface area contributed by atoms with Gasteiger partial charge in [0.2, 0.25) is 0 Å². The van der Waals surface area contributed by atoms with Crippen LogP contribution in [0.2, 0.25) is 0 Å². The third kappa shape index (κ3) is 4.41. The van der Waals surface area contributed by atoms with E-state index in [0.717, 1.165) is 26.8 Å². The zero-order valence-corrected chi connectivity index (χ0v) is 22.9. The molecule has 0 amide bonds. The highest BCUT2D eigenvalue weighted by atomic mass is 32.1. The van der Waals surface area contributed by atoms with Crippen LogP contribution in [-0.4, -0.2) is 24.3 Å². The Morgan fingerprint density at radius 3 is 2.56 bits per heavy atom. The van der Waals surface area contributed by atoms with Crippen molar-refractivity contribution in [3.63, 3.8) is 0 Å². The molecular formula is C31H24N2O4S2. The van der Waals surface area contributed by atoms with Gasteiger partial charge in [0.05, 0.1) is 29.5 Å². The monoisotopic (exact) mass is 552 g/mol. The average Bonchev–Trinajstić information content (AvgIpc) is 3.61. The van der Waals surface area contributed by atoms with Crippen LogP contribution in [0.25, 0.3) is 22.5 Å². The van der Waals surface area contributed by atoms with E-state index in [-0.39, 0.29) is 12.2 Å². The molecule has 0 N–H and O–H groups in total. The molecule has 0 fully saturated rings. The van der Waals surface area contributed by atoms with Crippen molar-refractivity contribution < 1.29 is 14.3 Å². The lowest BCUT2D eigenvalue weighted by Crippen LogP contribution is -2.39. The van der Waals surface area contributed by atoms with Crippen molar-refractivity contribution in [2.45, 2.75) is 13.0 Å². The minimum atomic E-state index is -0.660. The molecule has 0 bridgehead atoms. The van der Waals surface area contributed by atoms with Crippen molar-refractivity contribution in [2.75, 3.05) is 13.7 Å². The molecule has 1 atom stereocenters. The summed E-state index contributed by atoms with van der Waals surface area (Å²) < 4.78 is 13.3. The van der Waals surface area contributed by atoms with Crippen molar-refractivity contribution in [3.05, 3.63) is 126 Å². The van der Waals surface area contributed by atoms with Gasteiger partial charge in [0, 0.05) is 16.0 Å². The summed E-state index contributed by atoms with van der Waals surface area (Å²) in [6.07, 6.45) is 1.87. The van der Waals surface area contributed by atoms with Gasteiger partial charge in [-0.15, -0.1) is 11.3 Å². The van der Waals surface area contributed by atoms with Crippen LogP contribution in [-0.2, 0) is 9.53 Å². The number of nitrogens with zero attached hydrogens (tertiary/aromatic N) is 2. The van der Waals surface area contributed by atoms with Gasteiger partial charge in [0.1, 0.15) is 11.8 Å². The molecule has 0 saturated heterocycles. The van der Waals surface area contributed by atoms with Gasteiger partial charge in [0.15, 0.2) is 4.80 Å². The average molecular weight is 553 g/mol. The Kier molecular flexibility index (Phi) is 6.72. The number of benzene rings is 3. The summed E-state index contributed by atoms with van der Waals surface area (Å²) in [5.74, 6) is 0.190. The van der Waals surface area contributed by atoms with E-state index in [1.807, 2.05) is 90.3 Å². The molecule has 39 heavy (non-hydrogen) atoms. The molecule has 5 aromatic rings. The summed E-state index contributed by atoms with van der Waals surface area (Å²) >= 11 is 2.79. The summed E-state index contributed by atoms with van der Waals surface area (Å²) in [5.41, 5.74) is 2.26. The fourth-order valence-corrected chi connectivity index (χ4v) is 6.70. The minimum Gasteiger partial charge on any atom is -0.496 e. The number of ether oxygens (including phenoxy) is 2. The third-order valence-electron chi connectivity index (χ3n) is 6.61. The Labute approximate surface area is 232 Å². The lowest BCUT2D eigenvalue weighted by Gasteiger charge is -2.24. The summed E-state index contributed by atoms with van der Waals surface area (Å²) in [5, 5.41) is 3.97. The summed E-state index contributed by atoms with van der Waals surface area (Å²) in [7, 11) is 1.62. The number of carbonyl (C=O) groups is 1. The molecule has 3 aromatic carbocycles. The SMILES string of the molecule is CCOC(=O)C1=C(c2ccccc2)N=c2sc(=Cc3c(OC)ccc4ccccc34)c(=O)n2C1c1cccs1. The number of esters is 1. The van der Waals surface area contributed by atoms with Gasteiger partial charge in [-0.05, 0) is 41.3 Å². The minimum absolute atomic E-state index is 0.215. The second kappa shape index (κ2) is 10.5. The van der Waals surface area contributed by atoms with Crippen LogP contribution >= 0.6 is 22.7 Å². The molecule has 194 valence electrons. The van der Waals surface area contributed by atoms with E-state index in [1.54, 1.807) is 18.6 Å². The molecule has 1 aliphatic rings. The largest absolute Gasteiger partial charge is 0.496 e. The predicted molar refractivity (Wildman–Crippen MR) is 156 cm³/mol. The van der Waals surface area contributed by atoms with E-state index >= 15 is 0 Å². The Morgan fingerprint density at radius 1 is 1.03 bits per heavy atom. The second-order valence-corrected chi connectivity index (χ2v) is 10.8. The first-order valence-corrected chi connectivity index (χ1v) is 14.2. The zero-order chi connectivity index (χ0) is 26.9. The maximum Gasteiger partial charge on any atom is 0.338 e. The lowest BCUT2D eigenvalue weighted by molar-refractivity contribution is -0.138. The van der Waals surface area contributed by atoms with Gasteiger partial charge in [-0.1, -0.05) is 78.1 Å². The Balaban J connectivity index is 1.67. The first-order chi connectivity index (χ1) is 19.1. The molecule has 2 aromatic heterocycles. The normalized spacial score (nSPS) is 15.2. The molecular weight excluding hydrogens is 528 g/mol. The van der Waals surface area contributed by atoms with E-state index < -0.39 is 12.0 Å². The van der Waals surface area contributed by atoms with Crippen LogP contribution in [0.4, 0.5) is 0 Å². The molecule has 6 rings (SSSR count). The zero-order valence-electron chi connectivity index (χ0n) is 21.3. The van der Waals surface area contributed by atoms with E-state index in [1.165, 1.54) is 22.7 Å². The topological polar surface area (TPSA) is 69.9 Å². The van der Waals surface area contributed by atoms with Crippen molar-refractivity contribution in [1.29, 1.82) is 0 Å². The molecule has 3 heterocycles. The predicted octanol–water partition coefficient (Wildman–Crippen LogP) is 5.16. The molecule has 1 unspecified atom stereocenters. The quantitative estimate of drug-likeness (QED) is 0.273. The van der Waals surface area contributed by atoms with Crippen LogP contribution in [0.1, 0.15) is 29.0 Å². The molecule has 1 aliphatic heterocycles. The maximum atomic E-state index is 14.1. The summed E-state index contributed by atoms with van der Waals surface area (Å²) in [6.45, 7) is 1.99. The van der Waals surface area contributed by atoms with Crippen LogP contribution in [0.15, 0.2) is 99.6 Å². The molecule has 0 saturated carbocycles. The Bertz CT molecular complexity index is 1900. The fourth-order valence-electron chi connectivity index (χ4n) is 4.89. The lowest BCUT2D eigenvalue weighted by atomic mass is 9.97. The van der Waals surface area contributed by atoms with Gasteiger partial charge < -0.3 is 9.47 Å². The number of hydrogen-bond acceptors (Lipinski definition) is 7. The maximum absolute atomic E-state index is 14.1. The Hall–Kier alpha value is -4.27. The number of thiazole rings is 1. The first-order valence-electron chi connectivity index (χ1n) is 12.5. The van der Waals surface area contributed by atoms with Crippen molar-refractivity contribution in [1.82, 2.24) is 4.57 Å². The smallest absolute Gasteiger partial charge is 0.338 e. The second-order valence-electron chi connectivity index (χ2n) is 8.85. The molecule has 0 radical (unpaired) electrons. The number of carbonyl (C=O) groups excluding carboxylic acids is 1. The highest BCUT2D eigenvalue weighted by Crippen LogP contribution is 2.37. The first kappa shape index (κ1) is 25.0. The summed E-state index contributed by atoms with van der Waals surface area (Å²) in [4.78, 5) is 33.8. The number of thiophene rings is 1. The van der Waals surface area contributed by atoms with Gasteiger partial charge in [0.25, 0.3) is 5.56 Å². The number of fused-ring (bicyclic) bond motifs is 2. The van der Waals surface area contributed by atoms with Gasteiger partial charge >= 0.3 is 5.97 Å². The van der Waals surface area contributed by atoms with E-state index in [4.69, 9.17) is 14.5 Å². The molecule has 0 spiro atoms. The third-order valence-corrected chi connectivity index (χ3v) is 8.52. The van der Waals surface area contributed by atoms with E-state index in [2.05, 4.69) is 0 Å². The summed E-state index contributed by atoms with van der Waals surface area (Å²) in [6, 6.07) is 24.7. The van der Waals surface area contributed by atoms with Crippen LogP contribution < -0.4 is 19.6 Å². The molecule has 6 nitrogen and oxygen atoms in total. The van der Waals surface area contributed by atoms with Gasteiger partial charge in [-0.25, -0.2) is 9.79 Å².